The van der Waals surface area contributed by atoms with Crippen LogP contribution in [-0.2, 0) is 13.1 Å². The molecule has 1 aromatic heterocycles. The maximum Gasteiger partial charge on any atom is 0.240 e. The highest BCUT2D eigenvalue weighted by atomic mass is 35.5. The number of hydrogen-bond acceptors (Lipinski definition) is 5. The Bertz CT molecular complexity index is 589. The van der Waals surface area contributed by atoms with Crippen molar-refractivity contribution in [1.29, 1.82) is 0 Å². The van der Waals surface area contributed by atoms with Gasteiger partial charge in [-0.2, -0.15) is 4.98 Å². The van der Waals surface area contributed by atoms with E-state index in [-0.39, 0.29) is 6.61 Å². The van der Waals surface area contributed by atoms with Gasteiger partial charge in [-0.1, -0.05) is 34.4 Å². The van der Waals surface area contributed by atoms with Crippen molar-refractivity contribution in [2.75, 3.05) is 13.2 Å². The molecule has 0 aliphatic heterocycles. The fourth-order valence-corrected chi connectivity index (χ4v) is 2.32. The summed E-state index contributed by atoms with van der Waals surface area (Å²) < 4.78 is 5.14. The topological polar surface area (TPSA) is 62.4 Å². The van der Waals surface area contributed by atoms with Gasteiger partial charge in [0.15, 0.2) is 5.82 Å². The van der Waals surface area contributed by atoms with E-state index in [0.717, 1.165) is 12.1 Å². The summed E-state index contributed by atoms with van der Waals surface area (Å²) in [4.78, 5) is 6.32. The molecule has 21 heavy (non-hydrogen) atoms. The van der Waals surface area contributed by atoms with Crippen molar-refractivity contribution in [2.24, 2.45) is 0 Å². The number of aromatic nitrogens is 2. The molecule has 2 aromatic rings. The zero-order valence-corrected chi connectivity index (χ0v) is 13.2. The molecule has 0 spiro atoms. The highest BCUT2D eigenvalue weighted by Gasteiger charge is 2.12. The monoisotopic (exact) mass is 329 g/mol. The van der Waals surface area contributed by atoms with Crippen molar-refractivity contribution in [1.82, 2.24) is 15.0 Å². The van der Waals surface area contributed by atoms with E-state index in [1.165, 1.54) is 0 Å². The van der Waals surface area contributed by atoms with Crippen molar-refractivity contribution in [3.63, 3.8) is 0 Å². The predicted molar refractivity (Wildman–Crippen MR) is 81.3 cm³/mol. The lowest BCUT2D eigenvalue weighted by molar-refractivity contribution is 0.192. The van der Waals surface area contributed by atoms with Crippen LogP contribution in [0.3, 0.4) is 0 Å². The molecular weight excluding hydrogens is 313 g/mol. The Balaban J connectivity index is 2.06. The SMILES string of the molecule is Cc1noc(CN(CCCO)Cc2ccc(Cl)c(Cl)c2)n1. The second kappa shape index (κ2) is 7.75. The average Bonchev–Trinajstić information content (AvgIpc) is 2.85. The summed E-state index contributed by atoms with van der Waals surface area (Å²) in [6, 6.07) is 5.55. The molecule has 0 fully saturated rings. The molecule has 0 unspecified atom stereocenters. The number of rotatable bonds is 7. The smallest absolute Gasteiger partial charge is 0.240 e. The Morgan fingerprint density at radius 2 is 2.05 bits per heavy atom. The van der Waals surface area contributed by atoms with Gasteiger partial charge in [-0.05, 0) is 31.0 Å². The van der Waals surface area contributed by atoms with Gasteiger partial charge in [0, 0.05) is 19.7 Å². The lowest BCUT2D eigenvalue weighted by Crippen LogP contribution is -2.25. The van der Waals surface area contributed by atoms with E-state index in [0.29, 0.717) is 41.3 Å². The molecule has 0 amide bonds. The summed E-state index contributed by atoms with van der Waals surface area (Å²) in [5.41, 5.74) is 1.04. The molecule has 114 valence electrons. The lowest BCUT2D eigenvalue weighted by Gasteiger charge is -2.20. The number of aryl methyl sites for hydroxylation is 1. The van der Waals surface area contributed by atoms with Gasteiger partial charge in [0.1, 0.15) is 0 Å². The number of hydrogen-bond donors (Lipinski definition) is 1. The Labute approximate surface area is 133 Å². The normalized spacial score (nSPS) is 11.3. The fourth-order valence-electron chi connectivity index (χ4n) is 2.00. The van der Waals surface area contributed by atoms with Crippen LogP contribution in [0, 0.1) is 6.92 Å². The van der Waals surface area contributed by atoms with Crippen molar-refractivity contribution in [3.05, 3.63) is 45.5 Å². The van der Waals surface area contributed by atoms with Crippen LogP contribution in [0.1, 0.15) is 23.7 Å². The standard InChI is InChI=1S/C14H17Cl2N3O2/c1-10-17-14(21-18-10)9-19(5-2-6-20)8-11-3-4-12(15)13(16)7-11/h3-4,7,20H,2,5-6,8-9H2,1H3. The minimum absolute atomic E-state index is 0.140. The highest BCUT2D eigenvalue weighted by Crippen LogP contribution is 2.23. The van der Waals surface area contributed by atoms with E-state index in [1.807, 2.05) is 12.1 Å². The van der Waals surface area contributed by atoms with Gasteiger partial charge in [0.05, 0.1) is 16.6 Å². The molecule has 0 aliphatic carbocycles. The molecule has 7 heteroatoms. The van der Waals surface area contributed by atoms with Crippen LogP contribution in [0.5, 0.6) is 0 Å². The summed E-state index contributed by atoms with van der Waals surface area (Å²) in [5.74, 6) is 1.17. The minimum Gasteiger partial charge on any atom is -0.396 e. The van der Waals surface area contributed by atoms with Gasteiger partial charge in [-0.15, -0.1) is 0 Å². The molecule has 5 nitrogen and oxygen atoms in total. The van der Waals surface area contributed by atoms with Crippen LogP contribution in [0.25, 0.3) is 0 Å². The quantitative estimate of drug-likeness (QED) is 0.845. The van der Waals surface area contributed by atoms with Gasteiger partial charge in [-0.25, -0.2) is 0 Å². The molecule has 0 bridgehead atoms. The molecule has 2 rings (SSSR count). The first-order valence-corrected chi connectivity index (χ1v) is 7.40. The third kappa shape index (κ3) is 4.97. The van der Waals surface area contributed by atoms with Gasteiger partial charge in [0.25, 0.3) is 0 Å². The van der Waals surface area contributed by atoms with Crippen molar-refractivity contribution >= 4 is 23.2 Å². The molecular formula is C14H17Cl2N3O2. The van der Waals surface area contributed by atoms with E-state index in [9.17, 15) is 0 Å². The van der Waals surface area contributed by atoms with E-state index in [1.54, 1.807) is 13.0 Å². The largest absolute Gasteiger partial charge is 0.396 e. The maximum atomic E-state index is 9.02. The van der Waals surface area contributed by atoms with Crippen LogP contribution in [0.2, 0.25) is 10.0 Å². The van der Waals surface area contributed by atoms with Gasteiger partial charge < -0.3 is 9.63 Å². The zero-order valence-electron chi connectivity index (χ0n) is 11.7. The summed E-state index contributed by atoms with van der Waals surface area (Å²) in [7, 11) is 0. The Hall–Kier alpha value is -1.14. The molecule has 1 aromatic carbocycles. The number of aliphatic hydroxyl groups is 1. The fraction of sp³-hybridized carbons (Fsp3) is 0.429. The summed E-state index contributed by atoms with van der Waals surface area (Å²) >= 11 is 12.0. The lowest BCUT2D eigenvalue weighted by atomic mass is 10.2. The van der Waals surface area contributed by atoms with Crippen LogP contribution >= 0.6 is 23.2 Å². The Morgan fingerprint density at radius 3 is 2.67 bits per heavy atom. The van der Waals surface area contributed by atoms with E-state index in [2.05, 4.69) is 15.0 Å². The highest BCUT2D eigenvalue weighted by molar-refractivity contribution is 6.42. The first kappa shape index (κ1) is 16.2. The van der Waals surface area contributed by atoms with Gasteiger partial charge >= 0.3 is 0 Å². The summed E-state index contributed by atoms with van der Waals surface area (Å²) in [6.45, 7) is 3.84. The number of aliphatic hydroxyl groups excluding tert-OH is 1. The summed E-state index contributed by atoms with van der Waals surface area (Å²) in [6.07, 6.45) is 0.675. The molecule has 0 saturated carbocycles. The predicted octanol–water partition coefficient (Wildman–Crippen LogP) is 3.07. The van der Waals surface area contributed by atoms with Crippen LogP contribution in [0.15, 0.2) is 22.7 Å². The first-order chi connectivity index (χ1) is 10.1. The molecule has 0 saturated heterocycles. The van der Waals surface area contributed by atoms with Crippen LogP contribution < -0.4 is 0 Å². The number of benzene rings is 1. The molecule has 0 aliphatic rings. The van der Waals surface area contributed by atoms with E-state index < -0.39 is 0 Å². The first-order valence-electron chi connectivity index (χ1n) is 6.65. The van der Waals surface area contributed by atoms with Crippen molar-refractivity contribution < 1.29 is 9.63 Å². The molecule has 1 N–H and O–H groups in total. The van der Waals surface area contributed by atoms with E-state index >= 15 is 0 Å². The number of nitrogens with zero attached hydrogens (tertiary/aromatic N) is 3. The third-order valence-corrected chi connectivity index (χ3v) is 3.69. The molecule has 1 heterocycles. The molecule has 0 atom stereocenters. The minimum atomic E-state index is 0.140. The number of halogens is 2. The Kier molecular flexibility index (Phi) is 5.99. The maximum absolute atomic E-state index is 9.02. The van der Waals surface area contributed by atoms with E-state index in [4.69, 9.17) is 32.8 Å². The van der Waals surface area contributed by atoms with Gasteiger partial charge in [0.2, 0.25) is 5.89 Å². The van der Waals surface area contributed by atoms with Crippen LogP contribution in [-0.4, -0.2) is 33.3 Å². The summed E-state index contributed by atoms with van der Waals surface area (Å²) in [5, 5.41) is 13.9. The second-order valence-electron chi connectivity index (χ2n) is 4.77. The van der Waals surface area contributed by atoms with Crippen molar-refractivity contribution in [2.45, 2.75) is 26.4 Å². The Morgan fingerprint density at radius 1 is 1.24 bits per heavy atom. The molecule has 0 radical (unpaired) electrons. The van der Waals surface area contributed by atoms with Crippen molar-refractivity contribution in [3.8, 4) is 0 Å². The van der Waals surface area contributed by atoms with Gasteiger partial charge in [-0.3, -0.25) is 4.90 Å². The average molecular weight is 330 g/mol. The zero-order chi connectivity index (χ0) is 15.2. The second-order valence-corrected chi connectivity index (χ2v) is 5.59. The van der Waals surface area contributed by atoms with Crippen LogP contribution in [0.4, 0.5) is 0 Å². The third-order valence-electron chi connectivity index (χ3n) is 2.95.